The van der Waals surface area contributed by atoms with Crippen molar-refractivity contribution < 1.29 is 27.9 Å². The number of aliphatic carboxylic acids is 1. The highest BCUT2D eigenvalue weighted by atomic mass is 35.5. The molecule has 2 rings (SSSR count). The number of carbonyl (C=O) groups is 2. The smallest absolute Gasteiger partial charge is 0.393 e. The number of likely N-dealkylation sites (tertiary alicyclic amines) is 1. The van der Waals surface area contributed by atoms with Gasteiger partial charge in [0.05, 0.1) is 17.9 Å². The second-order valence-electron chi connectivity index (χ2n) is 6.87. The van der Waals surface area contributed by atoms with Gasteiger partial charge in [-0.2, -0.15) is 13.2 Å². The summed E-state index contributed by atoms with van der Waals surface area (Å²) in [5, 5.41) is 12.0. The van der Waals surface area contributed by atoms with Gasteiger partial charge < -0.3 is 10.4 Å². The number of carboxylic acids is 1. The summed E-state index contributed by atoms with van der Waals surface area (Å²) in [5.74, 6) is -5.46. The Morgan fingerprint density at radius 1 is 1.21 bits per heavy atom. The Hall–Kier alpha value is -1.80. The van der Waals surface area contributed by atoms with Gasteiger partial charge in [-0.3, -0.25) is 14.5 Å². The number of nitrogens with zero attached hydrogens (tertiary/aromatic N) is 1. The summed E-state index contributed by atoms with van der Waals surface area (Å²) in [6.07, 6.45) is -3.20. The molecule has 5 nitrogen and oxygen atoms in total. The highest BCUT2D eigenvalue weighted by Crippen LogP contribution is 2.38. The molecule has 9 heteroatoms. The topological polar surface area (TPSA) is 69.6 Å². The van der Waals surface area contributed by atoms with Gasteiger partial charge in [0.1, 0.15) is 0 Å². The minimum atomic E-state index is -4.61. The first-order valence-corrected chi connectivity index (χ1v) is 9.05. The van der Waals surface area contributed by atoms with Gasteiger partial charge in [0.15, 0.2) is 0 Å². The van der Waals surface area contributed by atoms with Crippen LogP contribution in [0.5, 0.6) is 0 Å². The van der Waals surface area contributed by atoms with E-state index in [9.17, 15) is 22.8 Å². The van der Waals surface area contributed by atoms with E-state index in [2.05, 4.69) is 5.32 Å². The monoisotopic (exact) mass is 422 g/mol. The van der Waals surface area contributed by atoms with E-state index in [0.29, 0.717) is 18.5 Å². The Kier molecular flexibility index (Phi) is 8.31. The molecule has 3 atom stereocenters. The van der Waals surface area contributed by atoms with Crippen molar-refractivity contribution in [2.45, 2.75) is 45.8 Å². The third kappa shape index (κ3) is 5.17. The zero-order valence-electron chi connectivity index (χ0n) is 16.0. The van der Waals surface area contributed by atoms with E-state index in [1.165, 1.54) is 11.8 Å². The first kappa shape index (κ1) is 24.2. The van der Waals surface area contributed by atoms with Crippen molar-refractivity contribution in [3.8, 4) is 0 Å². The molecule has 1 aromatic rings. The molecule has 1 aliphatic heterocycles. The number of amides is 1. The molecule has 2 N–H and O–H groups in total. The number of benzene rings is 1. The fraction of sp³-hybridized carbons (Fsp3) is 0.579. The number of rotatable bonds is 6. The number of carbonyl (C=O) groups excluding carboxylic acids is 1. The quantitative estimate of drug-likeness (QED) is 0.732. The number of alkyl halides is 3. The molecule has 1 saturated heterocycles. The number of halogens is 4. The third-order valence-corrected chi connectivity index (χ3v) is 5.26. The van der Waals surface area contributed by atoms with E-state index in [4.69, 9.17) is 5.11 Å². The predicted octanol–water partition coefficient (Wildman–Crippen LogP) is 3.76. The molecule has 0 bridgehead atoms. The predicted molar refractivity (Wildman–Crippen MR) is 103 cm³/mol. The van der Waals surface area contributed by atoms with Crippen LogP contribution < -0.4 is 5.32 Å². The van der Waals surface area contributed by atoms with E-state index in [-0.39, 0.29) is 19.0 Å². The van der Waals surface area contributed by atoms with Gasteiger partial charge in [-0.15, -0.1) is 12.4 Å². The van der Waals surface area contributed by atoms with Crippen molar-refractivity contribution in [3.05, 3.63) is 29.3 Å². The number of para-hydroxylation sites is 1. The molecule has 1 amide bonds. The van der Waals surface area contributed by atoms with Crippen LogP contribution >= 0.6 is 12.4 Å². The van der Waals surface area contributed by atoms with Gasteiger partial charge in [0.25, 0.3) is 0 Å². The first-order chi connectivity index (χ1) is 12.6. The molecule has 0 aromatic heterocycles. The number of nitrogens with one attached hydrogen (secondary N) is 1. The molecule has 0 spiro atoms. The Morgan fingerprint density at radius 3 is 2.14 bits per heavy atom. The SMILES string of the molecule is CCc1cccc(CC)c1NC(=O)C(C)N1C[C@@H](C(F)(F)F)[C@H](C(=O)O)C1.Cl. The lowest BCUT2D eigenvalue weighted by atomic mass is 9.96. The van der Waals surface area contributed by atoms with Crippen LogP contribution in [-0.2, 0) is 22.4 Å². The van der Waals surface area contributed by atoms with Crippen LogP contribution in [0.15, 0.2) is 18.2 Å². The van der Waals surface area contributed by atoms with Crippen molar-refractivity contribution in [1.82, 2.24) is 4.90 Å². The fourth-order valence-corrected chi connectivity index (χ4v) is 3.53. The second kappa shape index (κ2) is 9.60. The zero-order chi connectivity index (χ0) is 20.4. The number of hydrogen-bond acceptors (Lipinski definition) is 3. The minimum Gasteiger partial charge on any atom is -0.481 e. The summed E-state index contributed by atoms with van der Waals surface area (Å²) in [6.45, 7) is 4.63. The molecule has 1 heterocycles. The van der Waals surface area contributed by atoms with Gasteiger partial charge in [0.2, 0.25) is 5.91 Å². The standard InChI is InChI=1S/C19H25F3N2O3.ClH/c1-4-12-7-6-8-13(5-2)16(12)23-17(25)11(3)24-9-14(18(26)27)15(10-24)19(20,21)22;/h6-8,11,14-15H,4-5,9-10H2,1-3H3,(H,23,25)(H,26,27);1H/t11?,14-,15-;/m1./s1. The van der Waals surface area contributed by atoms with Crippen molar-refractivity contribution in [3.63, 3.8) is 0 Å². The van der Waals surface area contributed by atoms with Crippen LogP contribution in [0.25, 0.3) is 0 Å². The molecular weight excluding hydrogens is 397 g/mol. The Bertz CT molecular complexity index is 690. The van der Waals surface area contributed by atoms with Gasteiger partial charge in [-0.1, -0.05) is 32.0 Å². The highest BCUT2D eigenvalue weighted by Gasteiger charge is 2.53. The molecule has 0 radical (unpaired) electrons. The molecule has 0 saturated carbocycles. The van der Waals surface area contributed by atoms with Crippen LogP contribution in [0.2, 0.25) is 0 Å². The lowest BCUT2D eigenvalue weighted by molar-refractivity contribution is -0.188. The van der Waals surface area contributed by atoms with Crippen molar-refractivity contribution in [1.29, 1.82) is 0 Å². The maximum atomic E-state index is 13.2. The molecule has 28 heavy (non-hydrogen) atoms. The molecule has 1 aliphatic rings. The van der Waals surface area contributed by atoms with Crippen LogP contribution in [0.3, 0.4) is 0 Å². The maximum absolute atomic E-state index is 13.2. The van der Waals surface area contributed by atoms with Crippen molar-refractivity contribution >= 4 is 30.0 Å². The van der Waals surface area contributed by atoms with E-state index in [1.54, 1.807) is 0 Å². The van der Waals surface area contributed by atoms with E-state index in [1.807, 2.05) is 32.0 Å². The van der Waals surface area contributed by atoms with Gasteiger partial charge >= 0.3 is 12.1 Å². The van der Waals surface area contributed by atoms with Crippen LogP contribution in [0.1, 0.15) is 31.9 Å². The van der Waals surface area contributed by atoms with Crippen LogP contribution in [0, 0.1) is 11.8 Å². The summed E-state index contributed by atoms with van der Waals surface area (Å²) in [4.78, 5) is 25.2. The number of carboxylic acid groups (broad SMARTS) is 1. The first-order valence-electron chi connectivity index (χ1n) is 9.05. The summed E-state index contributed by atoms with van der Waals surface area (Å²) in [7, 11) is 0. The highest BCUT2D eigenvalue weighted by molar-refractivity contribution is 5.96. The summed E-state index contributed by atoms with van der Waals surface area (Å²) >= 11 is 0. The largest absolute Gasteiger partial charge is 0.481 e. The zero-order valence-corrected chi connectivity index (χ0v) is 16.9. The van der Waals surface area contributed by atoms with Gasteiger partial charge in [-0.25, -0.2) is 0 Å². The number of aryl methyl sites for hydroxylation is 2. The van der Waals surface area contributed by atoms with Crippen molar-refractivity contribution in [2.24, 2.45) is 11.8 Å². The number of hydrogen-bond donors (Lipinski definition) is 2. The van der Waals surface area contributed by atoms with E-state index in [0.717, 1.165) is 11.1 Å². The number of anilines is 1. The minimum absolute atomic E-state index is 0. The Morgan fingerprint density at radius 2 is 1.75 bits per heavy atom. The summed E-state index contributed by atoms with van der Waals surface area (Å²) < 4.78 is 39.5. The Labute approximate surface area is 168 Å². The van der Waals surface area contributed by atoms with Gasteiger partial charge in [0, 0.05) is 18.8 Å². The molecule has 158 valence electrons. The Balaban J connectivity index is 0.00000392. The van der Waals surface area contributed by atoms with Crippen LogP contribution in [-0.4, -0.2) is 47.2 Å². The molecule has 0 aliphatic carbocycles. The summed E-state index contributed by atoms with van der Waals surface area (Å²) in [5.41, 5.74) is 2.60. The average Bonchev–Trinajstić information content (AvgIpc) is 3.07. The molecule has 1 fully saturated rings. The van der Waals surface area contributed by atoms with Gasteiger partial charge in [-0.05, 0) is 30.9 Å². The van der Waals surface area contributed by atoms with Crippen molar-refractivity contribution in [2.75, 3.05) is 18.4 Å². The third-order valence-electron chi connectivity index (χ3n) is 5.26. The average molecular weight is 423 g/mol. The lowest BCUT2D eigenvalue weighted by Gasteiger charge is -2.25. The molecular formula is C19H26ClF3N2O3. The normalized spacial score (nSPS) is 21.1. The molecule has 1 unspecified atom stereocenters. The maximum Gasteiger partial charge on any atom is 0.393 e. The molecule has 1 aromatic carbocycles. The summed E-state index contributed by atoms with van der Waals surface area (Å²) in [6, 6.07) is 4.84. The second-order valence-corrected chi connectivity index (χ2v) is 6.87. The van der Waals surface area contributed by atoms with E-state index >= 15 is 0 Å². The lowest BCUT2D eigenvalue weighted by Crippen LogP contribution is -2.42. The fourth-order valence-electron chi connectivity index (χ4n) is 3.53. The van der Waals surface area contributed by atoms with Crippen LogP contribution in [0.4, 0.5) is 18.9 Å². The van der Waals surface area contributed by atoms with E-state index < -0.39 is 42.5 Å².